The molecule has 1 N–H and O–H groups in total. The largest absolute Gasteiger partial charge is 0.349 e. The Balaban J connectivity index is 0.00000192. The molecule has 2 fully saturated rings. The van der Waals surface area contributed by atoms with Crippen LogP contribution in [0.5, 0.6) is 0 Å². The molecular weight excluding hydrogens is 288 g/mol. The molecule has 0 spiro atoms. The molecule has 1 amide bonds. The molecule has 2 aliphatic carbocycles. The van der Waals surface area contributed by atoms with E-state index in [9.17, 15) is 9.59 Å². The Morgan fingerprint density at radius 2 is 2.04 bits per heavy atom. The normalized spacial score (nSPS) is 27.3. The Bertz CT molecular complexity index is 626. The highest BCUT2D eigenvalue weighted by Crippen LogP contribution is 2.58. The summed E-state index contributed by atoms with van der Waals surface area (Å²) in [5.41, 5.74) is 1.98. The van der Waals surface area contributed by atoms with Crippen LogP contribution in [-0.4, -0.2) is 25.0 Å². The van der Waals surface area contributed by atoms with Crippen LogP contribution in [0.15, 0.2) is 29.8 Å². The van der Waals surface area contributed by atoms with Crippen molar-refractivity contribution in [2.24, 2.45) is 22.7 Å². The number of benzene rings is 1. The third kappa shape index (κ3) is 3.11. The first-order valence-electron chi connectivity index (χ1n) is 7.66. The highest BCUT2D eigenvalue weighted by Gasteiger charge is 2.55. The van der Waals surface area contributed by atoms with Crippen LogP contribution in [-0.2, 0) is 4.79 Å². The summed E-state index contributed by atoms with van der Waals surface area (Å²) >= 11 is 0. The van der Waals surface area contributed by atoms with Crippen LogP contribution in [0.25, 0.3) is 6.08 Å². The number of carbonyl (C=O) groups excluding carboxylic acids is 2. The van der Waals surface area contributed by atoms with Crippen LogP contribution < -0.4 is 5.32 Å². The Kier molecular flexibility index (Phi) is 5.14. The summed E-state index contributed by atoms with van der Waals surface area (Å²) in [6.07, 6.45) is 5.30. The molecular formula is C19H24N2O2. The van der Waals surface area contributed by atoms with Gasteiger partial charge in [-0.25, -0.2) is 0 Å². The van der Waals surface area contributed by atoms with E-state index in [1.807, 2.05) is 6.07 Å². The van der Waals surface area contributed by atoms with Gasteiger partial charge in [-0.3, -0.25) is 9.79 Å². The van der Waals surface area contributed by atoms with Crippen molar-refractivity contribution in [3.05, 3.63) is 35.9 Å². The maximum absolute atomic E-state index is 12.5. The van der Waals surface area contributed by atoms with Crippen molar-refractivity contribution in [2.45, 2.75) is 32.7 Å². The van der Waals surface area contributed by atoms with Gasteiger partial charge in [0.2, 0.25) is 0 Å². The topological polar surface area (TPSA) is 58.5 Å². The summed E-state index contributed by atoms with van der Waals surface area (Å²) in [6.45, 7) is 7.29. The number of carbonyl (C=O) groups is 2. The third-order valence-corrected chi connectivity index (χ3v) is 5.03. The van der Waals surface area contributed by atoms with E-state index in [2.05, 4.69) is 23.6 Å². The zero-order chi connectivity index (χ0) is 15.7. The van der Waals surface area contributed by atoms with Crippen molar-refractivity contribution in [3.8, 4) is 0 Å². The molecule has 4 heteroatoms. The number of hydrogen-bond acceptors (Lipinski definition) is 3. The lowest BCUT2D eigenvalue weighted by Gasteiger charge is -2.17. The fourth-order valence-corrected chi connectivity index (χ4v) is 3.92. The molecule has 3 rings (SSSR count). The molecule has 4 atom stereocenters. The number of hydrogen-bond donors (Lipinski definition) is 1. The number of aliphatic imine (C=N–C) groups is 1. The van der Waals surface area contributed by atoms with Gasteiger partial charge in [0.15, 0.2) is 0 Å². The minimum atomic E-state index is -0.0846. The monoisotopic (exact) mass is 312 g/mol. The van der Waals surface area contributed by atoms with E-state index >= 15 is 0 Å². The average molecular weight is 312 g/mol. The maximum atomic E-state index is 12.5. The van der Waals surface area contributed by atoms with Gasteiger partial charge in [0.1, 0.15) is 6.29 Å². The van der Waals surface area contributed by atoms with Crippen molar-refractivity contribution < 1.29 is 9.59 Å². The molecule has 0 aromatic heterocycles. The van der Waals surface area contributed by atoms with Gasteiger partial charge in [-0.1, -0.05) is 26.1 Å². The lowest BCUT2D eigenvalue weighted by atomic mass is 10.0. The number of nitrogens with one attached hydrogen (secondary N) is 1. The summed E-state index contributed by atoms with van der Waals surface area (Å²) in [5.74, 6) is 1.72. The molecule has 3 unspecified atom stereocenters. The molecule has 1 aromatic rings. The Labute approximate surface area is 137 Å². The third-order valence-electron chi connectivity index (χ3n) is 5.03. The lowest BCUT2D eigenvalue weighted by Crippen LogP contribution is -2.34. The van der Waals surface area contributed by atoms with E-state index in [1.54, 1.807) is 18.2 Å². The molecule has 0 bridgehead atoms. The fourth-order valence-electron chi connectivity index (χ4n) is 3.92. The predicted octanol–water partition coefficient (Wildman–Crippen LogP) is 3.64. The van der Waals surface area contributed by atoms with Gasteiger partial charge in [-0.05, 0) is 49.4 Å². The molecule has 2 aliphatic rings. The van der Waals surface area contributed by atoms with E-state index in [4.69, 9.17) is 0 Å². The molecule has 0 heterocycles. The Morgan fingerprint density at radius 3 is 2.61 bits per heavy atom. The quantitative estimate of drug-likeness (QED) is 0.644. The van der Waals surface area contributed by atoms with Crippen LogP contribution in [0.1, 0.15) is 42.6 Å². The second kappa shape index (κ2) is 6.90. The SMILES string of the molecule is C.C=Cc1c(N=C)cccc1C(=O)NC1CC2C(CC=O)[C@H]2C1. The van der Waals surface area contributed by atoms with Crippen LogP contribution >= 0.6 is 0 Å². The van der Waals surface area contributed by atoms with Crippen molar-refractivity contribution in [3.63, 3.8) is 0 Å². The van der Waals surface area contributed by atoms with Crippen LogP contribution in [0, 0.1) is 17.8 Å². The smallest absolute Gasteiger partial charge is 0.252 e. The van der Waals surface area contributed by atoms with Gasteiger partial charge in [0.25, 0.3) is 5.91 Å². The number of fused-ring (bicyclic) bond motifs is 1. The van der Waals surface area contributed by atoms with Crippen molar-refractivity contribution in [1.82, 2.24) is 5.32 Å². The molecule has 0 radical (unpaired) electrons. The van der Waals surface area contributed by atoms with E-state index in [0.717, 1.165) is 24.7 Å². The predicted molar refractivity (Wildman–Crippen MR) is 94.1 cm³/mol. The zero-order valence-electron chi connectivity index (χ0n) is 12.5. The van der Waals surface area contributed by atoms with E-state index in [1.165, 1.54) is 0 Å². The highest BCUT2D eigenvalue weighted by molar-refractivity contribution is 5.99. The second-order valence-electron chi connectivity index (χ2n) is 6.14. The molecule has 122 valence electrons. The van der Waals surface area contributed by atoms with Gasteiger partial charge >= 0.3 is 0 Å². The van der Waals surface area contributed by atoms with Gasteiger partial charge < -0.3 is 10.1 Å². The molecule has 0 aliphatic heterocycles. The molecule has 0 saturated heterocycles. The summed E-state index contributed by atoms with van der Waals surface area (Å²) in [4.78, 5) is 27.0. The van der Waals surface area contributed by atoms with Gasteiger partial charge in [-0.15, -0.1) is 0 Å². The summed E-state index contributed by atoms with van der Waals surface area (Å²) < 4.78 is 0. The highest BCUT2D eigenvalue weighted by atomic mass is 16.1. The average Bonchev–Trinajstić information content (AvgIpc) is 2.98. The molecule has 4 nitrogen and oxygen atoms in total. The van der Waals surface area contributed by atoms with Crippen LogP contribution in [0.3, 0.4) is 0 Å². The Morgan fingerprint density at radius 1 is 1.35 bits per heavy atom. The minimum Gasteiger partial charge on any atom is -0.349 e. The minimum absolute atomic E-state index is 0. The first-order valence-corrected chi connectivity index (χ1v) is 7.66. The van der Waals surface area contributed by atoms with Crippen molar-refractivity contribution >= 4 is 30.7 Å². The molecule has 2 saturated carbocycles. The summed E-state index contributed by atoms with van der Waals surface area (Å²) in [6, 6.07) is 5.61. The first kappa shape index (κ1) is 17.1. The lowest BCUT2D eigenvalue weighted by molar-refractivity contribution is -0.108. The fraction of sp³-hybridized carbons (Fsp3) is 0.421. The zero-order valence-corrected chi connectivity index (χ0v) is 12.5. The first-order chi connectivity index (χ1) is 10.7. The Hall–Kier alpha value is -2.23. The number of aldehydes is 1. The molecule has 23 heavy (non-hydrogen) atoms. The van der Waals surface area contributed by atoms with Gasteiger partial charge in [0, 0.05) is 23.6 Å². The van der Waals surface area contributed by atoms with Gasteiger partial charge in [0.05, 0.1) is 5.69 Å². The number of amides is 1. The molecule has 1 aromatic carbocycles. The number of rotatable bonds is 6. The van der Waals surface area contributed by atoms with E-state index in [-0.39, 0.29) is 19.4 Å². The maximum Gasteiger partial charge on any atom is 0.252 e. The van der Waals surface area contributed by atoms with Crippen molar-refractivity contribution in [2.75, 3.05) is 0 Å². The van der Waals surface area contributed by atoms with E-state index in [0.29, 0.717) is 35.4 Å². The standard InChI is InChI=1S/C18H20N2O2.CH4/c1-3-12-14(5-4-6-17(12)19-2)18(22)20-11-9-15-13(7-8-21)16(15)10-11;/h3-6,8,11,13,15-16H,1-2,7,9-10H2,(H,20,22);1H4/t11?,13?,15-,16?;/m1./s1. The van der Waals surface area contributed by atoms with Gasteiger partial charge in [-0.2, -0.15) is 0 Å². The van der Waals surface area contributed by atoms with Crippen molar-refractivity contribution in [1.29, 1.82) is 0 Å². The number of nitrogens with zero attached hydrogens (tertiary/aromatic N) is 1. The second-order valence-corrected chi connectivity index (χ2v) is 6.14. The van der Waals surface area contributed by atoms with Crippen LogP contribution in [0.4, 0.5) is 5.69 Å². The van der Waals surface area contributed by atoms with E-state index < -0.39 is 0 Å². The summed E-state index contributed by atoms with van der Waals surface area (Å²) in [7, 11) is 0. The summed E-state index contributed by atoms with van der Waals surface area (Å²) in [5, 5.41) is 3.11. The van der Waals surface area contributed by atoms with Crippen LogP contribution in [0.2, 0.25) is 0 Å².